The molecule has 0 bridgehead atoms. The molecule has 0 heterocycles. The highest BCUT2D eigenvalue weighted by Gasteiger charge is 2.18. The van der Waals surface area contributed by atoms with Gasteiger partial charge in [0.2, 0.25) is 10.0 Å². The molecule has 0 aliphatic rings. The lowest BCUT2D eigenvalue weighted by Crippen LogP contribution is -2.27. The minimum Gasteiger partial charge on any atom is -0.389 e. The topological polar surface area (TPSA) is 81.4 Å². The SMILES string of the molecule is CC(C)OCCCCNS(=O)(=O)c1ccccc1C(N)=S. The molecule has 7 heteroatoms. The third-order valence-electron chi connectivity index (χ3n) is 2.76. The highest BCUT2D eigenvalue weighted by molar-refractivity contribution is 7.89. The van der Waals surface area contributed by atoms with Crippen LogP contribution in [0.25, 0.3) is 0 Å². The molecule has 0 radical (unpaired) electrons. The second-order valence-corrected chi connectivity index (χ2v) is 7.06. The van der Waals surface area contributed by atoms with Crippen molar-refractivity contribution < 1.29 is 13.2 Å². The number of rotatable bonds is 9. The lowest BCUT2D eigenvalue weighted by atomic mass is 10.2. The predicted octanol–water partition coefficient (Wildman–Crippen LogP) is 1.80. The lowest BCUT2D eigenvalue weighted by molar-refractivity contribution is 0.0762. The van der Waals surface area contributed by atoms with Gasteiger partial charge >= 0.3 is 0 Å². The van der Waals surface area contributed by atoms with Crippen LogP contribution < -0.4 is 10.5 Å². The fraction of sp³-hybridized carbons (Fsp3) is 0.500. The summed E-state index contributed by atoms with van der Waals surface area (Å²) in [7, 11) is -3.60. The van der Waals surface area contributed by atoms with Crippen LogP contribution in [0.2, 0.25) is 0 Å². The lowest BCUT2D eigenvalue weighted by Gasteiger charge is -2.11. The van der Waals surface area contributed by atoms with Crippen molar-refractivity contribution in [3.05, 3.63) is 29.8 Å². The Labute approximate surface area is 131 Å². The standard InChI is InChI=1S/C14H22N2O3S2/c1-11(2)19-10-6-5-9-16-21(17,18)13-8-4-3-7-12(13)14(15)20/h3-4,7-8,11,16H,5-6,9-10H2,1-2H3,(H2,15,20). The minimum atomic E-state index is -3.60. The average Bonchev–Trinajstić information content (AvgIpc) is 2.42. The summed E-state index contributed by atoms with van der Waals surface area (Å²) in [6.45, 7) is 4.92. The zero-order chi connectivity index (χ0) is 15.9. The van der Waals surface area contributed by atoms with Gasteiger partial charge < -0.3 is 10.5 Å². The fourth-order valence-corrected chi connectivity index (χ4v) is 3.27. The molecule has 21 heavy (non-hydrogen) atoms. The van der Waals surface area contributed by atoms with Crippen LogP contribution in [0.3, 0.4) is 0 Å². The van der Waals surface area contributed by atoms with E-state index >= 15 is 0 Å². The van der Waals surface area contributed by atoms with Crippen LogP contribution in [0, 0.1) is 0 Å². The van der Waals surface area contributed by atoms with E-state index in [0.717, 1.165) is 6.42 Å². The van der Waals surface area contributed by atoms with Crippen molar-refractivity contribution >= 4 is 27.2 Å². The van der Waals surface area contributed by atoms with Gasteiger partial charge in [-0.15, -0.1) is 0 Å². The van der Waals surface area contributed by atoms with Crippen LogP contribution in [0.5, 0.6) is 0 Å². The van der Waals surface area contributed by atoms with Crippen molar-refractivity contribution in [1.29, 1.82) is 0 Å². The van der Waals surface area contributed by atoms with Crippen LogP contribution in [-0.2, 0) is 14.8 Å². The average molecular weight is 330 g/mol. The molecule has 0 atom stereocenters. The van der Waals surface area contributed by atoms with E-state index in [2.05, 4.69) is 4.72 Å². The summed E-state index contributed by atoms with van der Waals surface area (Å²) in [6, 6.07) is 6.45. The molecule has 0 saturated heterocycles. The van der Waals surface area contributed by atoms with Crippen molar-refractivity contribution in [2.75, 3.05) is 13.2 Å². The monoisotopic (exact) mass is 330 g/mol. The molecule has 0 fully saturated rings. The predicted molar refractivity (Wildman–Crippen MR) is 87.8 cm³/mol. The van der Waals surface area contributed by atoms with Crippen molar-refractivity contribution in [1.82, 2.24) is 4.72 Å². The second-order valence-electron chi connectivity index (χ2n) is 4.88. The maximum atomic E-state index is 12.2. The van der Waals surface area contributed by atoms with E-state index in [0.29, 0.717) is 25.1 Å². The summed E-state index contributed by atoms with van der Waals surface area (Å²) in [5.74, 6) is 0. The summed E-state index contributed by atoms with van der Waals surface area (Å²) < 4.78 is 32.4. The highest BCUT2D eigenvalue weighted by Crippen LogP contribution is 2.15. The molecular formula is C14H22N2O3S2. The summed E-state index contributed by atoms with van der Waals surface area (Å²) in [6.07, 6.45) is 1.71. The normalized spacial score (nSPS) is 11.8. The molecular weight excluding hydrogens is 308 g/mol. The maximum absolute atomic E-state index is 12.2. The number of ether oxygens (including phenoxy) is 1. The summed E-state index contributed by atoms with van der Waals surface area (Å²) in [5, 5.41) is 0. The van der Waals surface area contributed by atoms with E-state index in [1.54, 1.807) is 18.2 Å². The molecule has 118 valence electrons. The Hall–Kier alpha value is -1.02. The molecule has 0 aliphatic carbocycles. The maximum Gasteiger partial charge on any atom is 0.241 e. The van der Waals surface area contributed by atoms with E-state index < -0.39 is 10.0 Å². The Morgan fingerprint density at radius 2 is 2.00 bits per heavy atom. The van der Waals surface area contributed by atoms with Gasteiger partial charge in [0.15, 0.2) is 0 Å². The van der Waals surface area contributed by atoms with E-state index in [1.165, 1.54) is 6.07 Å². The van der Waals surface area contributed by atoms with Crippen LogP contribution in [0.1, 0.15) is 32.3 Å². The number of sulfonamides is 1. The quantitative estimate of drug-likeness (QED) is 0.533. The first-order chi connectivity index (χ1) is 9.84. The van der Waals surface area contributed by atoms with Crippen molar-refractivity contribution in [3.63, 3.8) is 0 Å². The molecule has 0 unspecified atom stereocenters. The molecule has 3 N–H and O–H groups in total. The number of thiocarbonyl (C=S) groups is 1. The number of hydrogen-bond acceptors (Lipinski definition) is 4. The summed E-state index contributed by atoms with van der Waals surface area (Å²) >= 11 is 4.88. The molecule has 1 aromatic carbocycles. The molecule has 0 spiro atoms. The van der Waals surface area contributed by atoms with Crippen LogP contribution in [0.15, 0.2) is 29.2 Å². The molecule has 0 saturated carbocycles. The van der Waals surface area contributed by atoms with E-state index in [1.807, 2.05) is 13.8 Å². The third-order valence-corrected chi connectivity index (χ3v) is 4.50. The van der Waals surface area contributed by atoms with Crippen LogP contribution in [-0.4, -0.2) is 32.7 Å². The Morgan fingerprint density at radius 1 is 1.33 bits per heavy atom. The van der Waals surface area contributed by atoms with Crippen LogP contribution >= 0.6 is 12.2 Å². The van der Waals surface area contributed by atoms with Gasteiger partial charge in [0, 0.05) is 18.7 Å². The van der Waals surface area contributed by atoms with Gasteiger partial charge in [-0.1, -0.05) is 30.4 Å². The third kappa shape index (κ3) is 6.09. The molecule has 1 aromatic rings. The zero-order valence-electron chi connectivity index (χ0n) is 12.3. The number of nitrogens with two attached hydrogens (primary N) is 1. The fourth-order valence-electron chi connectivity index (χ4n) is 1.73. The molecule has 0 aliphatic heterocycles. The van der Waals surface area contributed by atoms with Crippen molar-refractivity contribution in [2.24, 2.45) is 5.73 Å². The van der Waals surface area contributed by atoms with Crippen LogP contribution in [0.4, 0.5) is 0 Å². The Morgan fingerprint density at radius 3 is 2.62 bits per heavy atom. The number of benzene rings is 1. The highest BCUT2D eigenvalue weighted by atomic mass is 32.2. The van der Waals surface area contributed by atoms with Crippen molar-refractivity contribution in [2.45, 2.75) is 37.7 Å². The van der Waals surface area contributed by atoms with E-state index in [4.69, 9.17) is 22.7 Å². The smallest absolute Gasteiger partial charge is 0.241 e. The Bertz CT molecular complexity index is 571. The first-order valence-electron chi connectivity index (χ1n) is 6.84. The number of unbranched alkanes of at least 4 members (excludes halogenated alkanes) is 1. The Kier molecular flexibility index (Phi) is 7.24. The number of hydrogen-bond donors (Lipinski definition) is 2. The van der Waals surface area contributed by atoms with E-state index in [9.17, 15) is 8.42 Å². The van der Waals surface area contributed by atoms with Gasteiger partial charge in [0.25, 0.3) is 0 Å². The van der Waals surface area contributed by atoms with Gasteiger partial charge in [0.05, 0.1) is 11.0 Å². The molecule has 0 amide bonds. The second kappa shape index (κ2) is 8.43. The number of nitrogens with one attached hydrogen (secondary N) is 1. The van der Waals surface area contributed by atoms with Crippen molar-refractivity contribution in [3.8, 4) is 0 Å². The minimum absolute atomic E-state index is 0.0707. The van der Waals surface area contributed by atoms with Gasteiger partial charge in [-0.3, -0.25) is 0 Å². The zero-order valence-corrected chi connectivity index (χ0v) is 14.0. The van der Waals surface area contributed by atoms with Gasteiger partial charge in [-0.05, 0) is 32.8 Å². The Balaban J connectivity index is 2.57. The first kappa shape index (κ1) is 18.0. The first-order valence-corrected chi connectivity index (χ1v) is 8.74. The summed E-state index contributed by atoms with van der Waals surface area (Å²) in [5.41, 5.74) is 5.92. The molecule has 1 rings (SSSR count). The molecule has 5 nitrogen and oxygen atoms in total. The van der Waals surface area contributed by atoms with Gasteiger partial charge in [0.1, 0.15) is 4.99 Å². The van der Waals surface area contributed by atoms with Gasteiger partial charge in [-0.25, -0.2) is 13.1 Å². The van der Waals surface area contributed by atoms with E-state index in [-0.39, 0.29) is 16.0 Å². The summed E-state index contributed by atoms with van der Waals surface area (Å²) in [4.78, 5) is 0.192. The van der Waals surface area contributed by atoms with Gasteiger partial charge in [-0.2, -0.15) is 0 Å². The molecule has 0 aromatic heterocycles. The largest absolute Gasteiger partial charge is 0.389 e.